The third kappa shape index (κ3) is 3.28. The van der Waals surface area contributed by atoms with Crippen LogP contribution in [0.2, 0.25) is 0 Å². The summed E-state index contributed by atoms with van der Waals surface area (Å²) in [6, 6.07) is 5.41. The topological polar surface area (TPSA) is 88.4 Å². The third-order valence-corrected chi connectivity index (χ3v) is 7.07. The van der Waals surface area contributed by atoms with Gasteiger partial charge >= 0.3 is 5.69 Å². The highest BCUT2D eigenvalue weighted by molar-refractivity contribution is 6.00. The fourth-order valence-electron chi connectivity index (χ4n) is 5.30. The SMILES string of the molecule is Cn1c(=O)n(C2CCC(=O)NC2=O)c2cccc(C3CCN(CC4CNC4)CC3)c21. The summed E-state index contributed by atoms with van der Waals surface area (Å²) in [6.45, 7) is 5.61. The molecule has 4 heterocycles. The fraction of sp³-hybridized carbons (Fsp3) is 0.591. The van der Waals surface area contributed by atoms with E-state index in [0.717, 1.165) is 56.0 Å². The zero-order valence-corrected chi connectivity index (χ0v) is 17.4. The number of hydrogen-bond donors (Lipinski definition) is 2. The molecule has 1 atom stereocenters. The minimum absolute atomic E-state index is 0.193. The molecule has 30 heavy (non-hydrogen) atoms. The van der Waals surface area contributed by atoms with E-state index < -0.39 is 6.04 Å². The molecule has 0 bridgehead atoms. The van der Waals surface area contributed by atoms with E-state index >= 15 is 0 Å². The number of hydrogen-bond acceptors (Lipinski definition) is 5. The van der Waals surface area contributed by atoms with Gasteiger partial charge in [0.25, 0.3) is 0 Å². The first-order valence-corrected chi connectivity index (χ1v) is 11.0. The van der Waals surface area contributed by atoms with E-state index in [4.69, 9.17) is 0 Å². The molecule has 1 unspecified atom stereocenters. The number of amides is 2. The minimum atomic E-state index is -0.632. The lowest BCUT2D eigenvalue weighted by Gasteiger charge is -2.37. The smallest absolute Gasteiger partial charge is 0.316 e. The normalized spacial score (nSPS) is 24.2. The van der Waals surface area contributed by atoms with Gasteiger partial charge in [0.05, 0.1) is 11.0 Å². The number of likely N-dealkylation sites (tertiary alicyclic amines) is 1. The van der Waals surface area contributed by atoms with E-state index in [1.54, 1.807) is 16.2 Å². The van der Waals surface area contributed by atoms with Crippen LogP contribution in [0.3, 0.4) is 0 Å². The van der Waals surface area contributed by atoms with Gasteiger partial charge in [-0.3, -0.25) is 24.0 Å². The molecule has 8 nitrogen and oxygen atoms in total. The lowest BCUT2D eigenvalue weighted by molar-refractivity contribution is -0.135. The summed E-state index contributed by atoms with van der Waals surface area (Å²) in [5.74, 6) is 0.542. The number of aromatic nitrogens is 2. The van der Waals surface area contributed by atoms with Crippen LogP contribution in [-0.2, 0) is 16.6 Å². The largest absolute Gasteiger partial charge is 0.329 e. The Balaban J connectivity index is 1.44. The highest BCUT2D eigenvalue weighted by Crippen LogP contribution is 2.34. The standard InChI is InChI=1S/C22H29N5O3/c1-25-20-16(15-7-9-26(10-8-15)13-14-11-23-12-14)3-2-4-17(20)27(22(25)30)18-5-6-19(28)24-21(18)29/h2-4,14-15,18,23H,5-13H2,1H3,(H,24,28,29). The van der Waals surface area contributed by atoms with Crippen molar-refractivity contribution >= 4 is 22.8 Å². The summed E-state index contributed by atoms with van der Waals surface area (Å²) in [4.78, 5) is 39.7. The number of aryl methyl sites for hydroxylation is 1. The zero-order valence-electron chi connectivity index (χ0n) is 17.4. The van der Waals surface area contributed by atoms with Crippen LogP contribution < -0.4 is 16.3 Å². The Bertz CT molecular complexity index is 1040. The summed E-state index contributed by atoms with van der Waals surface area (Å²) in [6.07, 6.45) is 2.78. The van der Waals surface area contributed by atoms with Crippen LogP contribution in [0.25, 0.3) is 11.0 Å². The number of nitrogens with one attached hydrogen (secondary N) is 2. The maximum Gasteiger partial charge on any atom is 0.329 e. The van der Waals surface area contributed by atoms with Gasteiger partial charge in [-0.05, 0) is 55.8 Å². The molecule has 3 saturated heterocycles. The fourth-order valence-corrected chi connectivity index (χ4v) is 5.30. The summed E-state index contributed by atoms with van der Waals surface area (Å²) >= 11 is 0. The number of para-hydroxylation sites is 1. The molecule has 3 aliphatic heterocycles. The molecule has 2 amide bonds. The van der Waals surface area contributed by atoms with Crippen LogP contribution in [0, 0.1) is 5.92 Å². The van der Waals surface area contributed by atoms with Crippen LogP contribution in [0.1, 0.15) is 43.2 Å². The Morgan fingerprint density at radius 3 is 2.50 bits per heavy atom. The van der Waals surface area contributed by atoms with Crippen LogP contribution in [-0.4, -0.2) is 58.6 Å². The second-order valence-electron chi connectivity index (χ2n) is 8.99. The number of nitrogens with zero attached hydrogens (tertiary/aromatic N) is 3. The predicted octanol–water partition coefficient (Wildman–Crippen LogP) is 0.717. The van der Waals surface area contributed by atoms with Gasteiger partial charge in [-0.25, -0.2) is 4.79 Å². The molecular formula is C22H29N5O3. The molecule has 5 rings (SSSR count). The number of rotatable bonds is 4. The second kappa shape index (κ2) is 7.67. The van der Waals surface area contributed by atoms with Crippen molar-refractivity contribution in [3.63, 3.8) is 0 Å². The van der Waals surface area contributed by atoms with Crippen molar-refractivity contribution in [1.29, 1.82) is 0 Å². The van der Waals surface area contributed by atoms with Crippen molar-refractivity contribution in [3.8, 4) is 0 Å². The third-order valence-electron chi connectivity index (χ3n) is 7.07. The van der Waals surface area contributed by atoms with Gasteiger partial charge in [0.2, 0.25) is 11.8 Å². The quantitative estimate of drug-likeness (QED) is 0.724. The van der Waals surface area contributed by atoms with E-state index in [0.29, 0.717) is 12.3 Å². The maximum absolute atomic E-state index is 13.1. The first-order chi connectivity index (χ1) is 14.5. The van der Waals surface area contributed by atoms with Crippen LogP contribution >= 0.6 is 0 Å². The first-order valence-electron chi connectivity index (χ1n) is 11.0. The summed E-state index contributed by atoms with van der Waals surface area (Å²) < 4.78 is 3.26. The van der Waals surface area contributed by atoms with Gasteiger partial charge in [0, 0.05) is 33.1 Å². The van der Waals surface area contributed by atoms with Crippen LogP contribution in [0.15, 0.2) is 23.0 Å². The van der Waals surface area contributed by atoms with Gasteiger partial charge in [0.15, 0.2) is 0 Å². The lowest BCUT2D eigenvalue weighted by Crippen LogP contribution is -2.49. The van der Waals surface area contributed by atoms with Crippen molar-refractivity contribution in [2.24, 2.45) is 13.0 Å². The Kier molecular flexibility index (Phi) is 4.99. The maximum atomic E-state index is 13.1. The predicted molar refractivity (Wildman–Crippen MR) is 113 cm³/mol. The van der Waals surface area contributed by atoms with E-state index in [1.165, 1.54) is 12.1 Å². The Morgan fingerprint density at radius 1 is 1.07 bits per heavy atom. The van der Waals surface area contributed by atoms with Crippen molar-refractivity contribution < 1.29 is 9.59 Å². The summed E-state index contributed by atoms with van der Waals surface area (Å²) in [5, 5.41) is 5.72. The average molecular weight is 412 g/mol. The van der Waals surface area contributed by atoms with Crippen molar-refractivity contribution in [1.82, 2.24) is 24.7 Å². The van der Waals surface area contributed by atoms with Gasteiger partial charge in [0.1, 0.15) is 6.04 Å². The molecule has 3 aliphatic rings. The molecule has 2 N–H and O–H groups in total. The van der Waals surface area contributed by atoms with E-state index in [-0.39, 0.29) is 23.9 Å². The Hall–Kier alpha value is -2.45. The molecule has 0 spiro atoms. The molecule has 1 aromatic carbocycles. The average Bonchev–Trinajstić information content (AvgIpc) is 2.96. The monoisotopic (exact) mass is 411 g/mol. The van der Waals surface area contributed by atoms with E-state index in [9.17, 15) is 14.4 Å². The van der Waals surface area contributed by atoms with E-state index in [2.05, 4.69) is 21.6 Å². The van der Waals surface area contributed by atoms with E-state index in [1.807, 2.05) is 12.1 Å². The first kappa shape index (κ1) is 19.5. The van der Waals surface area contributed by atoms with Crippen molar-refractivity contribution in [2.75, 3.05) is 32.7 Å². The molecule has 0 radical (unpaired) electrons. The lowest BCUT2D eigenvalue weighted by atomic mass is 9.88. The number of imide groups is 1. The molecule has 1 aromatic heterocycles. The van der Waals surface area contributed by atoms with Gasteiger partial charge in [-0.1, -0.05) is 12.1 Å². The highest BCUT2D eigenvalue weighted by Gasteiger charge is 2.33. The summed E-state index contributed by atoms with van der Waals surface area (Å²) in [5.41, 5.74) is 2.72. The number of piperidine rings is 2. The number of carbonyl (C=O) groups excluding carboxylic acids is 2. The van der Waals surface area contributed by atoms with Gasteiger partial charge in [-0.2, -0.15) is 0 Å². The number of carbonyl (C=O) groups is 2. The molecule has 2 aromatic rings. The molecule has 0 aliphatic carbocycles. The summed E-state index contributed by atoms with van der Waals surface area (Å²) in [7, 11) is 1.79. The number of benzene rings is 1. The van der Waals surface area contributed by atoms with Crippen molar-refractivity contribution in [3.05, 3.63) is 34.2 Å². The van der Waals surface area contributed by atoms with Gasteiger partial charge in [-0.15, -0.1) is 0 Å². The molecule has 8 heteroatoms. The highest BCUT2D eigenvalue weighted by atomic mass is 16.2. The number of imidazole rings is 1. The minimum Gasteiger partial charge on any atom is -0.316 e. The molecule has 0 saturated carbocycles. The van der Waals surface area contributed by atoms with Crippen molar-refractivity contribution in [2.45, 2.75) is 37.6 Å². The second-order valence-corrected chi connectivity index (χ2v) is 8.99. The Morgan fingerprint density at radius 2 is 1.83 bits per heavy atom. The molecular weight excluding hydrogens is 382 g/mol. The van der Waals surface area contributed by atoms with Crippen LogP contribution in [0.4, 0.5) is 0 Å². The van der Waals surface area contributed by atoms with Crippen LogP contribution in [0.5, 0.6) is 0 Å². The van der Waals surface area contributed by atoms with Gasteiger partial charge < -0.3 is 10.2 Å². The zero-order chi connectivity index (χ0) is 20.8. The number of fused-ring (bicyclic) bond motifs is 1. The molecule has 160 valence electrons. The molecule has 3 fully saturated rings. The Labute approximate surface area is 175 Å².